The smallest absolute Gasteiger partial charge is 0.268 e. The fourth-order valence-electron chi connectivity index (χ4n) is 1.71. The predicted octanol–water partition coefficient (Wildman–Crippen LogP) is 0.156. The molecule has 3 N–H and O–H groups in total. The van der Waals surface area contributed by atoms with Crippen LogP contribution in [-0.4, -0.2) is 54.5 Å². The number of aromatic amines is 1. The Morgan fingerprint density at radius 1 is 1.45 bits per heavy atom. The first-order valence-electron chi connectivity index (χ1n) is 6.47. The molecule has 1 rings (SSSR count). The second-order valence-electron chi connectivity index (χ2n) is 4.40. The third-order valence-electron chi connectivity index (χ3n) is 2.90. The summed E-state index contributed by atoms with van der Waals surface area (Å²) >= 11 is 0. The molecule has 0 saturated heterocycles. The molecule has 20 heavy (non-hydrogen) atoms. The lowest BCUT2D eigenvalue weighted by Gasteiger charge is -2.17. The Labute approximate surface area is 119 Å². The van der Waals surface area contributed by atoms with Crippen molar-refractivity contribution in [2.45, 2.75) is 31.7 Å². The van der Waals surface area contributed by atoms with E-state index < -0.39 is 22.0 Å². The molecule has 1 aromatic heterocycles. The number of carbonyl (C=O) groups is 1. The third-order valence-corrected chi connectivity index (χ3v) is 4.92. The van der Waals surface area contributed by atoms with Gasteiger partial charge in [-0.05, 0) is 13.0 Å². The van der Waals surface area contributed by atoms with Crippen LogP contribution < -0.4 is 5.32 Å². The van der Waals surface area contributed by atoms with Crippen molar-refractivity contribution < 1.29 is 18.3 Å². The highest BCUT2D eigenvalue weighted by atomic mass is 32.2. The van der Waals surface area contributed by atoms with Gasteiger partial charge in [-0.1, -0.05) is 13.8 Å². The van der Waals surface area contributed by atoms with Crippen LogP contribution in [0, 0.1) is 0 Å². The first-order valence-corrected chi connectivity index (χ1v) is 7.91. The highest BCUT2D eigenvalue weighted by Crippen LogP contribution is 2.16. The van der Waals surface area contributed by atoms with Crippen molar-refractivity contribution in [1.29, 1.82) is 0 Å². The number of hydrogen-bond acceptors (Lipinski definition) is 4. The maximum absolute atomic E-state index is 12.2. The Bertz CT molecular complexity index is 549. The summed E-state index contributed by atoms with van der Waals surface area (Å²) in [6, 6.07) is 0.904. The van der Waals surface area contributed by atoms with Crippen molar-refractivity contribution >= 4 is 15.9 Å². The van der Waals surface area contributed by atoms with E-state index in [1.165, 1.54) is 16.6 Å². The van der Waals surface area contributed by atoms with E-state index in [1.54, 1.807) is 20.8 Å². The maximum atomic E-state index is 12.2. The Morgan fingerprint density at radius 3 is 2.55 bits per heavy atom. The van der Waals surface area contributed by atoms with Gasteiger partial charge in [0, 0.05) is 25.3 Å². The normalized spacial score (nSPS) is 13.4. The van der Waals surface area contributed by atoms with Crippen LogP contribution in [0.1, 0.15) is 31.3 Å². The van der Waals surface area contributed by atoms with Crippen LogP contribution >= 0.6 is 0 Å². The van der Waals surface area contributed by atoms with Crippen LogP contribution in [0.25, 0.3) is 0 Å². The Hall–Kier alpha value is -1.38. The van der Waals surface area contributed by atoms with Gasteiger partial charge in [-0.15, -0.1) is 0 Å². The first kappa shape index (κ1) is 16.7. The van der Waals surface area contributed by atoms with E-state index >= 15 is 0 Å². The Balaban J connectivity index is 2.95. The Morgan fingerprint density at radius 2 is 2.05 bits per heavy atom. The minimum Gasteiger partial charge on any atom is -0.394 e. The number of aromatic nitrogens is 1. The van der Waals surface area contributed by atoms with Gasteiger partial charge in [0.2, 0.25) is 10.0 Å². The predicted molar refractivity (Wildman–Crippen MR) is 74.9 cm³/mol. The van der Waals surface area contributed by atoms with Crippen molar-refractivity contribution in [3.63, 3.8) is 0 Å². The molecule has 114 valence electrons. The molecule has 0 saturated carbocycles. The fourth-order valence-corrected chi connectivity index (χ4v) is 3.17. The molecule has 0 radical (unpaired) electrons. The molecule has 0 aliphatic rings. The lowest BCUT2D eigenvalue weighted by Crippen LogP contribution is -2.35. The van der Waals surface area contributed by atoms with Gasteiger partial charge in [-0.2, -0.15) is 4.31 Å². The molecule has 1 amide bonds. The number of sulfonamides is 1. The molecule has 0 bridgehead atoms. The zero-order chi connectivity index (χ0) is 15.3. The minimum absolute atomic E-state index is 0.0583. The fraction of sp³-hybridized carbons (Fsp3) is 0.583. The van der Waals surface area contributed by atoms with Gasteiger partial charge in [-0.3, -0.25) is 4.79 Å². The monoisotopic (exact) mass is 303 g/mol. The van der Waals surface area contributed by atoms with Crippen LogP contribution in [0.2, 0.25) is 0 Å². The lowest BCUT2D eigenvalue weighted by molar-refractivity contribution is 0.0918. The molecule has 1 heterocycles. The summed E-state index contributed by atoms with van der Waals surface area (Å²) in [5, 5.41) is 11.4. The van der Waals surface area contributed by atoms with Gasteiger partial charge >= 0.3 is 0 Å². The maximum Gasteiger partial charge on any atom is 0.268 e. The highest BCUT2D eigenvalue weighted by Gasteiger charge is 2.24. The van der Waals surface area contributed by atoms with Gasteiger partial charge in [0.1, 0.15) is 10.6 Å². The quantitative estimate of drug-likeness (QED) is 0.667. The van der Waals surface area contributed by atoms with Crippen molar-refractivity contribution in [3.05, 3.63) is 18.0 Å². The second kappa shape index (κ2) is 6.87. The van der Waals surface area contributed by atoms with E-state index in [2.05, 4.69) is 10.3 Å². The molecule has 1 aromatic rings. The molecule has 7 nitrogen and oxygen atoms in total. The summed E-state index contributed by atoms with van der Waals surface area (Å²) in [6.45, 7) is 5.71. The van der Waals surface area contributed by atoms with Gasteiger partial charge in [0.25, 0.3) is 5.91 Å². The molecule has 0 unspecified atom stereocenters. The zero-order valence-corrected chi connectivity index (χ0v) is 12.7. The van der Waals surface area contributed by atoms with Crippen molar-refractivity contribution in [2.75, 3.05) is 19.7 Å². The van der Waals surface area contributed by atoms with Crippen molar-refractivity contribution in [2.24, 2.45) is 0 Å². The van der Waals surface area contributed by atoms with Crippen LogP contribution in [0.15, 0.2) is 17.2 Å². The summed E-state index contributed by atoms with van der Waals surface area (Å²) in [7, 11) is -3.58. The average molecular weight is 303 g/mol. The largest absolute Gasteiger partial charge is 0.394 e. The van der Waals surface area contributed by atoms with E-state index in [-0.39, 0.29) is 17.2 Å². The lowest BCUT2D eigenvalue weighted by atomic mass is 10.3. The summed E-state index contributed by atoms with van der Waals surface area (Å²) in [4.78, 5) is 14.5. The number of amides is 1. The SMILES string of the molecule is CCN(CC)S(=O)(=O)c1c[nH]c(C(=O)N[C@@H](C)CO)c1. The van der Waals surface area contributed by atoms with Gasteiger partial charge < -0.3 is 15.4 Å². The van der Waals surface area contributed by atoms with Crippen LogP contribution in [-0.2, 0) is 10.0 Å². The van der Waals surface area contributed by atoms with Gasteiger partial charge in [0.05, 0.1) is 6.61 Å². The molecular weight excluding hydrogens is 282 g/mol. The standard InChI is InChI=1S/C12H21N3O4S/c1-4-15(5-2)20(18,19)10-6-11(13-7-10)12(17)14-9(3)8-16/h6-7,9,13,16H,4-5,8H2,1-3H3,(H,14,17)/t9-/m0/s1. The number of rotatable bonds is 7. The molecule has 0 aromatic carbocycles. The number of nitrogens with zero attached hydrogens (tertiary/aromatic N) is 1. The van der Waals surface area contributed by atoms with Crippen LogP contribution in [0.3, 0.4) is 0 Å². The Kier molecular flexibility index (Phi) is 5.73. The summed E-state index contributed by atoms with van der Waals surface area (Å²) in [5.74, 6) is -0.451. The van der Waals surface area contributed by atoms with Crippen LogP contribution in [0.5, 0.6) is 0 Å². The minimum atomic E-state index is -3.58. The number of nitrogens with one attached hydrogen (secondary N) is 2. The second-order valence-corrected chi connectivity index (χ2v) is 6.33. The highest BCUT2D eigenvalue weighted by molar-refractivity contribution is 7.89. The molecule has 0 aliphatic heterocycles. The number of carbonyl (C=O) groups excluding carboxylic acids is 1. The van der Waals surface area contributed by atoms with Gasteiger partial charge in [0.15, 0.2) is 0 Å². The molecule has 0 fully saturated rings. The van der Waals surface area contributed by atoms with Crippen LogP contribution in [0.4, 0.5) is 0 Å². The van der Waals surface area contributed by atoms with E-state index in [0.717, 1.165) is 0 Å². The molecule has 0 aliphatic carbocycles. The molecular formula is C12H21N3O4S. The number of aliphatic hydroxyl groups excluding tert-OH is 1. The van der Waals surface area contributed by atoms with E-state index in [1.807, 2.05) is 0 Å². The molecule has 8 heteroatoms. The van der Waals surface area contributed by atoms with E-state index in [0.29, 0.717) is 13.1 Å². The van der Waals surface area contributed by atoms with Crippen molar-refractivity contribution in [1.82, 2.24) is 14.6 Å². The number of H-pyrrole nitrogens is 1. The molecule has 0 spiro atoms. The van der Waals surface area contributed by atoms with Gasteiger partial charge in [-0.25, -0.2) is 8.42 Å². The first-order chi connectivity index (χ1) is 9.36. The summed E-state index contributed by atoms with van der Waals surface area (Å²) in [6.07, 6.45) is 1.30. The topological polar surface area (TPSA) is 103 Å². The number of aliphatic hydroxyl groups is 1. The van der Waals surface area contributed by atoms with Crippen molar-refractivity contribution in [3.8, 4) is 0 Å². The summed E-state index contributed by atoms with van der Waals surface area (Å²) < 4.78 is 25.8. The third kappa shape index (κ3) is 3.59. The van der Waals surface area contributed by atoms with E-state index in [9.17, 15) is 13.2 Å². The number of hydrogen-bond donors (Lipinski definition) is 3. The summed E-state index contributed by atoms with van der Waals surface area (Å²) in [5.41, 5.74) is 0.149. The average Bonchev–Trinajstić information content (AvgIpc) is 2.90. The molecule has 1 atom stereocenters. The van der Waals surface area contributed by atoms with E-state index in [4.69, 9.17) is 5.11 Å². The zero-order valence-electron chi connectivity index (χ0n) is 11.9.